The Kier molecular flexibility index (Phi) is 2.35. The van der Waals surface area contributed by atoms with Crippen LogP contribution < -0.4 is 5.73 Å². The molecule has 1 unspecified atom stereocenters. The smallest absolute Gasteiger partial charge is 0.134 e. The van der Waals surface area contributed by atoms with E-state index in [4.69, 9.17) is 21.8 Å². The minimum atomic E-state index is -0.431. The molecular formula is C11H9ClN4O. The van der Waals surface area contributed by atoms with E-state index in [9.17, 15) is 0 Å². The van der Waals surface area contributed by atoms with Gasteiger partial charge >= 0.3 is 0 Å². The molecule has 5 nitrogen and oxygen atoms in total. The summed E-state index contributed by atoms with van der Waals surface area (Å²) in [5.74, 6) is 0.635. The summed E-state index contributed by atoms with van der Waals surface area (Å²) in [5, 5.41) is 11.8. The van der Waals surface area contributed by atoms with Gasteiger partial charge in [-0.05, 0) is 24.3 Å². The van der Waals surface area contributed by atoms with E-state index in [0.29, 0.717) is 16.5 Å². The molecule has 0 saturated carbocycles. The lowest BCUT2D eigenvalue weighted by molar-refractivity contribution is 0.520. The van der Waals surface area contributed by atoms with Crippen LogP contribution in [-0.2, 0) is 0 Å². The fraction of sp³-hybridized carbons (Fsp3) is 0.0909. The number of nitrogens with one attached hydrogen (secondary N) is 1. The Balaban J connectivity index is 2.06. The highest BCUT2D eigenvalue weighted by Crippen LogP contribution is 2.27. The van der Waals surface area contributed by atoms with Gasteiger partial charge < -0.3 is 10.2 Å². The maximum absolute atomic E-state index is 6.01. The summed E-state index contributed by atoms with van der Waals surface area (Å²) in [6, 6.07) is 6.86. The van der Waals surface area contributed by atoms with Crippen molar-refractivity contribution >= 4 is 22.6 Å². The lowest BCUT2D eigenvalue weighted by atomic mass is 10.1. The van der Waals surface area contributed by atoms with Gasteiger partial charge in [-0.25, -0.2) is 0 Å². The highest BCUT2D eigenvalue weighted by Gasteiger charge is 2.16. The molecule has 0 aliphatic heterocycles. The molecule has 0 fully saturated rings. The first-order valence-corrected chi connectivity index (χ1v) is 5.42. The average Bonchev–Trinajstić information content (AvgIpc) is 2.96. The Bertz CT molecular complexity index is 647. The van der Waals surface area contributed by atoms with Gasteiger partial charge in [0, 0.05) is 10.4 Å². The van der Waals surface area contributed by atoms with Crippen LogP contribution in [0.5, 0.6) is 0 Å². The fourth-order valence-electron chi connectivity index (χ4n) is 1.69. The van der Waals surface area contributed by atoms with E-state index in [1.807, 2.05) is 18.2 Å². The first-order chi connectivity index (χ1) is 8.24. The number of hydrogen-bond donors (Lipinski definition) is 2. The van der Waals surface area contributed by atoms with E-state index < -0.39 is 6.04 Å². The molecule has 0 saturated heterocycles. The quantitative estimate of drug-likeness (QED) is 0.729. The van der Waals surface area contributed by atoms with Crippen molar-refractivity contribution < 1.29 is 4.42 Å². The molecule has 3 rings (SSSR count). The summed E-state index contributed by atoms with van der Waals surface area (Å²) in [5.41, 5.74) is 7.40. The third-order valence-electron chi connectivity index (χ3n) is 2.56. The van der Waals surface area contributed by atoms with Crippen LogP contribution in [0.3, 0.4) is 0 Å². The van der Waals surface area contributed by atoms with Crippen molar-refractivity contribution in [2.45, 2.75) is 6.04 Å². The van der Waals surface area contributed by atoms with Crippen LogP contribution in [0.1, 0.15) is 17.5 Å². The highest BCUT2D eigenvalue weighted by molar-refractivity contribution is 6.31. The number of nitrogens with zero attached hydrogens (tertiary/aromatic N) is 2. The van der Waals surface area contributed by atoms with Gasteiger partial charge in [-0.1, -0.05) is 11.6 Å². The number of fused-ring (bicyclic) bond motifs is 1. The zero-order chi connectivity index (χ0) is 11.8. The molecule has 0 amide bonds. The van der Waals surface area contributed by atoms with Gasteiger partial charge in [0.1, 0.15) is 23.1 Å². The second kappa shape index (κ2) is 3.87. The summed E-state index contributed by atoms with van der Waals surface area (Å²) in [6.07, 6.45) is 1.57. The standard InChI is InChI=1S/C11H9ClN4O/c12-7-1-2-9-6(3-7)4-10(17-9)11(13)8-5-14-16-15-8/h1-5,11H,13H2,(H,14,15,16). The molecule has 17 heavy (non-hydrogen) atoms. The van der Waals surface area contributed by atoms with Crippen LogP contribution in [0.25, 0.3) is 11.0 Å². The highest BCUT2D eigenvalue weighted by atomic mass is 35.5. The van der Waals surface area contributed by atoms with Gasteiger partial charge in [0.2, 0.25) is 0 Å². The zero-order valence-corrected chi connectivity index (χ0v) is 9.48. The van der Waals surface area contributed by atoms with Crippen LogP contribution in [0.15, 0.2) is 34.9 Å². The number of aromatic amines is 1. The Morgan fingerprint density at radius 2 is 2.24 bits per heavy atom. The van der Waals surface area contributed by atoms with Crippen molar-refractivity contribution in [1.82, 2.24) is 15.4 Å². The summed E-state index contributed by atoms with van der Waals surface area (Å²) in [6.45, 7) is 0. The monoisotopic (exact) mass is 248 g/mol. The number of furan rings is 1. The first-order valence-electron chi connectivity index (χ1n) is 5.04. The summed E-state index contributed by atoms with van der Waals surface area (Å²) in [7, 11) is 0. The Labute approximate surface area is 102 Å². The molecule has 0 aliphatic carbocycles. The molecule has 2 heterocycles. The molecule has 86 valence electrons. The molecule has 0 spiro atoms. The Morgan fingerprint density at radius 3 is 3.00 bits per heavy atom. The topological polar surface area (TPSA) is 80.7 Å². The van der Waals surface area contributed by atoms with Crippen LogP contribution in [0.2, 0.25) is 5.02 Å². The minimum Gasteiger partial charge on any atom is -0.459 e. The van der Waals surface area contributed by atoms with E-state index in [-0.39, 0.29) is 0 Å². The van der Waals surface area contributed by atoms with Crippen molar-refractivity contribution in [3.8, 4) is 0 Å². The van der Waals surface area contributed by atoms with Gasteiger partial charge in [-0.2, -0.15) is 15.4 Å². The molecule has 1 aromatic carbocycles. The largest absolute Gasteiger partial charge is 0.459 e. The first kappa shape index (κ1) is 10.3. The number of aromatic nitrogens is 3. The molecule has 6 heteroatoms. The van der Waals surface area contributed by atoms with E-state index in [1.165, 1.54) is 0 Å². The molecule has 2 aromatic heterocycles. The average molecular weight is 249 g/mol. The predicted molar refractivity (Wildman–Crippen MR) is 63.6 cm³/mol. The van der Waals surface area contributed by atoms with Crippen molar-refractivity contribution in [1.29, 1.82) is 0 Å². The maximum Gasteiger partial charge on any atom is 0.134 e. The molecule has 0 bridgehead atoms. The van der Waals surface area contributed by atoms with Crippen molar-refractivity contribution in [2.75, 3.05) is 0 Å². The summed E-state index contributed by atoms with van der Waals surface area (Å²) < 4.78 is 5.64. The number of halogens is 1. The SMILES string of the molecule is NC(c1cn[nH]n1)c1cc2cc(Cl)ccc2o1. The van der Waals surface area contributed by atoms with Crippen LogP contribution in [-0.4, -0.2) is 15.4 Å². The molecule has 0 radical (unpaired) electrons. The fourth-order valence-corrected chi connectivity index (χ4v) is 1.87. The Morgan fingerprint density at radius 1 is 1.35 bits per heavy atom. The lowest BCUT2D eigenvalue weighted by Gasteiger charge is -2.02. The van der Waals surface area contributed by atoms with Crippen molar-refractivity contribution in [2.24, 2.45) is 5.73 Å². The van der Waals surface area contributed by atoms with Crippen LogP contribution in [0, 0.1) is 0 Å². The Hall–Kier alpha value is -1.85. The number of hydrogen-bond acceptors (Lipinski definition) is 4. The van der Waals surface area contributed by atoms with E-state index in [0.717, 1.165) is 11.0 Å². The maximum atomic E-state index is 6.01. The number of rotatable bonds is 2. The van der Waals surface area contributed by atoms with Crippen molar-refractivity contribution in [3.05, 3.63) is 46.9 Å². The molecule has 3 N–H and O–H groups in total. The van der Waals surface area contributed by atoms with Gasteiger partial charge in [0.05, 0.1) is 6.20 Å². The number of benzene rings is 1. The molecular weight excluding hydrogens is 240 g/mol. The van der Waals surface area contributed by atoms with Gasteiger partial charge in [0.25, 0.3) is 0 Å². The third-order valence-corrected chi connectivity index (χ3v) is 2.79. The second-order valence-electron chi connectivity index (χ2n) is 3.70. The minimum absolute atomic E-state index is 0.431. The summed E-state index contributed by atoms with van der Waals surface area (Å²) >= 11 is 5.91. The number of H-pyrrole nitrogens is 1. The van der Waals surface area contributed by atoms with E-state index >= 15 is 0 Å². The van der Waals surface area contributed by atoms with Crippen LogP contribution in [0.4, 0.5) is 0 Å². The second-order valence-corrected chi connectivity index (χ2v) is 4.14. The zero-order valence-electron chi connectivity index (χ0n) is 8.72. The van der Waals surface area contributed by atoms with Gasteiger partial charge in [0.15, 0.2) is 0 Å². The van der Waals surface area contributed by atoms with E-state index in [2.05, 4.69) is 15.4 Å². The lowest BCUT2D eigenvalue weighted by Crippen LogP contribution is -2.11. The molecule has 3 aromatic rings. The third kappa shape index (κ3) is 1.79. The van der Waals surface area contributed by atoms with Crippen molar-refractivity contribution in [3.63, 3.8) is 0 Å². The molecule has 0 aliphatic rings. The normalized spacial score (nSPS) is 13.1. The molecule has 1 atom stereocenters. The van der Waals surface area contributed by atoms with Crippen LogP contribution >= 0.6 is 11.6 Å². The van der Waals surface area contributed by atoms with E-state index in [1.54, 1.807) is 12.3 Å². The predicted octanol–water partition coefficient (Wildman–Crippen LogP) is 2.25. The van der Waals surface area contributed by atoms with Gasteiger partial charge in [-0.3, -0.25) is 0 Å². The van der Waals surface area contributed by atoms with Gasteiger partial charge in [-0.15, -0.1) is 0 Å². The summed E-state index contributed by atoms with van der Waals surface area (Å²) in [4.78, 5) is 0. The number of nitrogens with two attached hydrogens (primary N) is 1.